The zero-order valence-corrected chi connectivity index (χ0v) is 12.8. The average Bonchev–Trinajstić information content (AvgIpc) is 3.22. The van der Waals surface area contributed by atoms with Gasteiger partial charge in [0.05, 0.1) is 0 Å². The highest BCUT2D eigenvalue weighted by atomic mass is 35.5. The maximum absolute atomic E-state index is 12.5. The Labute approximate surface area is 129 Å². The van der Waals surface area contributed by atoms with Crippen molar-refractivity contribution in [2.75, 3.05) is 18.0 Å². The molecule has 0 spiro atoms. The van der Waals surface area contributed by atoms with Crippen molar-refractivity contribution < 1.29 is 9.59 Å². The first-order valence-corrected chi connectivity index (χ1v) is 7.80. The van der Waals surface area contributed by atoms with Crippen LogP contribution in [-0.2, 0) is 9.59 Å². The summed E-state index contributed by atoms with van der Waals surface area (Å²) in [6.45, 7) is 3.17. The molecular weight excluding hydrogens is 288 g/mol. The van der Waals surface area contributed by atoms with Crippen molar-refractivity contribution in [1.82, 2.24) is 5.32 Å². The molecule has 1 aliphatic carbocycles. The first-order valence-electron chi connectivity index (χ1n) is 7.42. The van der Waals surface area contributed by atoms with Gasteiger partial charge in [0.1, 0.15) is 5.92 Å². The lowest BCUT2D eigenvalue weighted by molar-refractivity contribution is -0.132. The highest BCUT2D eigenvalue weighted by molar-refractivity contribution is 6.31. The molecule has 2 fully saturated rings. The Morgan fingerprint density at radius 1 is 1.38 bits per heavy atom. The van der Waals surface area contributed by atoms with Crippen molar-refractivity contribution in [2.45, 2.75) is 26.2 Å². The van der Waals surface area contributed by atoms with Gasteiger partial charge in [0.2, 0.25) is 11.8 Å². The first kappa shape index (κ1) is 14.4. The first-order chi connectivity index (χ1) is 10.1. The van der Waals surface area contributed by atoms with Gasteiger partial charge in [0.15, 0.2) is 0 Å². The van der Waals surface area contributed by atoms with Crippen LogP contribution in [0.15, 0.2) is 18.2 Å². The van der Waals surface area contributed by atoms with Crippen LogP contribution in [0.3, 0.4) is 0 Å². The highest BCUT2D eigenvalue weighted by Crippen LogP contribution is 2.32. The van der Waals surface area contributed by atoms with Crippen LogP contribution >= 0.6 is 11.6 Å². The number of halogens is 1. The van der Waals surface area contributed by atoms with Gasteiger partial charge in [-0.15, -0.1) is 0 Å². The molecule has 5 heteroatoms. The van der Waals surface area contributed by atoms with Crippen molar-refractivity contribution >= 4 is 29.1 Å². The van der Waals surface area contributed by atoms with Crippen molar-refractivity contribution in [2.24, 2.45) is 11.8 Å². The Hall–Kier alpha value is -1.55. The quantitative estimate of drug-likeness (QED) is 0.869. The molecule has 21 heavy (non-hydrogen) atoms. The van der Waals surface area contributed by atoms with E-state index < -0.39 is 5.92 Å². The number of carbonyl (C=O) groups excluding carboxylic acids is 2. The monoisotopic (exact) mass is 306 g/mol. The second-order valence-electron chi connectivity index (χ2n) is 5.90. The summed E-state index contributed by atoms with van der Waals surface area (Å²) in [7, 11) is 0. The minimum atomic E-state index is -0.554. The minimum absolute atomic E-state index is 0.117. The van der Waals surface area contributed by atoms with E-state index >= 15 is 0 Å². The fourth-order valence-electron chi connectivity index (χ4n) is 2.74. The van der Waals surface area contributed by atoms with Crippen LogP contribution in [0.1, 0.15) is 24.8 Å². The standard InChI is InChI=1S/C16H19ClN2O2/c1-10-13(17)3-2-4-14(10)19-8-7-12(16(19)21)15(20)18-9-11-5-6-11/h2-4,11-12H,5-9H2,1H3,(H,18,20)/t12-/m0/s1. The van der Waals surface area contributed by atoms with E-state index in [2.05, 4.69) is 5.32 Å². The van der Waals surface area contributed by atoms with Crippen LogP contribution < -0.4 is 10.2 Å². The molecule has 1 aliphatic heterocycles. The molecule has 0 unspecified atom stereocenters. The third-order valence-electron chi connectivity index (χ3n) is 4.31. The SMILES string of the molecule is Cc1c(Cl)cccc1N1CC[C@@H](C(=O)NCC2CC2)C1=O. The number of carbonyl (C=O) groups is 2. The van der Waals surface area contributed by atoms with E-state index in [9.17, 15) is 9.59 Å². The number of benzene rings is 1. The maximum Gasteiger partial charge on any atom is 0.239 e. The number of hydrogen-bond donors (Lipinski definition) is 1. The van der Waals surface area contributed by atoms with E-state index in [-0.39, 0.29) is 11.8 Å². The second kappa shape index (κ2) is 5.68. The van der Waals surface area contributed by atoms with Crippen LogP contribution in [0.25, 0.3) is 0 Å². The Morgan fingerprint density at radius 3 is 2.86 bits per heavy atom. The number of amides is 2. The van der Waals surface area contributed by atoms with E-state index in [1.807, 2.05) is 19.1 Å². The van der Waals surface area contributed by atoms with Gasteiger partial charge < -0.3 is 10.2 Å². The second-order valence-corrected chi connectivity index (χ2v) is 6.31. The molecule has 3 rings (SSSR count). The summed E-state index contributed by atoms with van der Waals surface area (Å²) < 4.78 is 0. The van der Waals surface area contributed by atoms with Crippen molar-refractivity contribution in [1.29, 1.82) is 0 Å². The molecule has 0 aromatic heterocycles. The van der Waals surface area contributed by atoms with Gasteiger partial charge in [0, 0.05) is 23.8 Å². The van der Waals surface area contributed by atoms with Gasteiger partial charge in [-0.2, -0.15) is 0 Å². The van der Waals surface area contributed by atoms with Gasteiger partial charge in [-0.05, 0) is 49.8 Å². The third kappa shape index (κ3) is 2.91. The lowest BCUT2D eigenvalue weighted by Gasteiger charge is -2.19. The Bertz CT molecular complexity index is 584. The molecule has 1 saturated carbocycles. The summed E-state index contributed by atoms with van der Waals surface area (Å²) in [4.78, 5) is 26.3. The fourth-order valence-corrected chi connectivity index (χ4v) is 2.91. The normalized spacial score (nSPS) is 21.7. The van der Waals surface area contributed by atoms with Gasteiger partial charge >= 0.3 is 0 Å². The predicted octanol–water partition coefficient (Wildman–Crippen LogP) is 2.53. The van der Waals surface area contributed by atoms with E-state index in [0.29, 0.717) is 30.5 Å². The van der Waals surface area contributed by atoms with Gasteiger partial charge in [-0.3, -0.25) is 9.59 Å². The number of nitrogens with one attached hydrogen (secondary N) is 1. The molecule has 1 saturated heterocycles. The molecule has 2 amide bonds. The van der Waals surface area contributed by atoms with Crippen LogP contribution in [0, 0.1) is 18.8 Å². The minimum Gasteiger partial charge on any atom is -0.355 e. The largest absolute Gasteiger partial charge is 0.355 e. The zero-order chi connectivity index (χ0) is 15.0. The Kier molecular flexibility index (Phi) is 3.89. The van der Waals surface area contributed by atoms with Gasteiger partial charge in [-0.1, -0.05) is 17.7 Å². The lowest BCUT2D eigenvalue weighted by Crippen LogP contribution is -2.37. The van der Waals surface area contributed by atoms with Crippen molar-refractivity contribution in [3.05, 3.63) is 28.8 Å². The molecule has 1 aromatic carbocycles. The maximum atomic E-state index is 12.5. The molecular formula is C16H19ClN2O2. The predicted molar refractivity (Wildman–Crippen MR) is 82.4 cm³/mol. The molecule has 0 bridgehead atoms. The molecule has 2 aliphatic rings. The van der Waals surface area contributed by atoms with E-state index in [1.165, 1.54) is 12.8 Å². The molecule has 1 heterocycles. The van der Waals surface area contributed by atoms with Crippen molar-refractivity contribution in [3.63, 3.8) is 0 Å². The summed E-state index contributed by atoms with van der Waals surface area (Å²) in [6, 6.07) is 5.52. The van der Waals surface area contributed by atoms with E-state index in [4.69, 9.17) is 11.6 Å². The summed E-state index contributed by atoms with van der Waals surface area (Å²) >= 11 is 6.11. The summed E-state index contributed by atoms with van der Waals surface area (Å²) in [5.74, 6) is -0.179. The smallest absolute Gasteiger partial charge is 0.239 e. The molecule has 4 nitrogen and oxygen atoms in total. The lowest BCUT2D eigenvalue weighted by atomic mass is 10.1. The summed E-state index contributed by atoms with van der Waals surface area (Å²) in [5, 5.41) is 3.54. The van der Waals surface area contributed by atoms with Crippen LogP contribution in [0.5, 0.6) is 0 Å². The molecule has 0 radical (unpaired) electrons. The molecule has 1 aromatic rings. The van der Waals surface area contributed by atoms with Crippen LogP contribution in [0.2, 0.25) is 5.02 Å². The molecule has 112 valence electrons. The molecule has 1 N–H and O–H groups in total. The number of nitrogens with zero attached hydrogens (tertiary/aromatic N) is 1. The number of hydrogen-bond acceptors (Lipinski definition) is 2. The van der Waals surface area contributed by atoms with Gasteiger partial charge in [-0.25, -0.2) is 0 Å². The number of rotatable bonds is 4. The summed E-state index contributed by atoms with van der Waals surface area (Å²) in [6.07, 6.45) is 2.95. The highest BCUT2D eigenvalue weighted by Gasteiger charge is 2.38. The Balaban J connectivity index is 1.70. The van der Waals surface area contributed by atoms with E-state index in [0.717, 1.165) is 11.3 Å². The van der Waals surface area contributed by atoms with Crippen LogP contribution in [0.4, 0.5) is 5.69 Å². The third-order valence-corrected chi connectivity index (χ3v) is 4.72. The van der Waals surface area contributed by atoms with E-state index in [1.54, 1.807) is 11.0 Å². The van der Waals surface area contributed by atoms with Gasteiger partial charge in [0.25, 0.3) is 0 Å². The fraction of sp³-hybridized carbons (Fsp3) is 0.500. The number of anilines is 1. The zero-order valence-electron chi connectivity index (χ0n) is 12.1. The van der Waals surface area contributed by atoms with Crippen molar-refractivity contribution in [3.8, 4) is 0 Å². The topological polar surface area (TPSA) is 49.4 Å². The van der Waals surface area contributed by atoms with Crippen LogP contribution in [-0.4, -0.2) is 24.9 Å². The average molecular weight is 307 g/mol. The molecule has 1 atom stereocenters. The Morgan fingerprint density at radius 2 is 2.14 bits per heavy atom. The summed E-state index contributed by atoms with van der Waals surface area (Å²) in [5.41, 5.74) is 1.69.